The van der Waals surface area contributed by atoms with Crippen LogP contribution in [-0.4, -0.2) is 109 Å². The molecule has 2 rings (SSSR count). The first-order chi connectivity index (χ1) is 59.0. The van der Waals surface area contributed by atoms with E-state index in [-0.39, 0.29) is 19.8 Å². The van der Waals surface area contributed by atoms with E-state index in [1.807, 2.05) is 36.4 Å². The number of hydrogen-bond donors (Lipinski definition) is 3. The number of unbranched alkanes of at least 4 members (excludes halogenated alkanes) is 44. The van der Waals surface area contributed by atoms with Crippen LogP contribution in [0.15, 0.2) is 41.6 Å². The first kappa shape index (κ1) is 127. The van der Waals surface area contributed by atoms with Gasteiger partial charge in [-0.1, -0.05) is 436 Å². The third-order valence-electron chi connectivity index (χ3n) is 27.7. The highest BCUT2D eigenvalue weighted by molar-refractivity contribution is 6.79. The van der Waals surface area contributed by atoms with Crippen molar-refractivity contribution in [1.29, 1.82) is 0 Å². The number of aldehydes is 1. The monoisotopic (exact) mass is 1850 g/mol. The minimum Gasteiger partial charge on any atom is -0.493 e. The molecular formula is C107H213ClN2O11Si4. The number of benzene rings is 2. The lowest BCUT2D eigenvalue weighted by Gasteiger charge is -2.42. The maximum absolute atomic E-state index is 11.7. The second-order valence-electron chi connectivity index (χ2n) is 40.8. The predicted molar refractivity (Wildman–Crippen MR) is 559 cm³/mol. The van der Waals surface area contributed by atoms with Crippen LogP contribution in [0, 0.1) is 0 Å². The first-order valence-corrected chi connectivity index (χ1v) is 60.8. The minimum atomic E-state index is -1.70. The SMILES string of the molecule is C.CC(C)[Si](OCCCCCCCCCCCCCCOc1ccc(/C=N/O)c(OCCCCCCCCCCCCCCO[Si](C(C)C)(C(C)C)C(C)C)c1)(C(C)C)C(C)C.CC(C)[Si](OCCCCCCCCCCCCCCOc1ccc(C=O)c(OCCCCCCCCCCCCCCO[Si](C(C)C)(C(C)C)C(C)C)c1)(C(C)C)C(C)C.Cl.NO. The normalized spacial score (nSPS) is 12.4. The van der Waals surface area contributed by atoms with Crippen LogP contribution in [0.4, 0.5) is 0 Å². The summed E-state index contributed by atoms with van der Waals surface area (Å²) in [4.78, 5) is 11.7. The van der Waals surface area contributed by atoms with Crippen molar-refractivity contribution in [2.45, 2.75) is 548 Å². The van der Waals surface area contributed by atoms with Gasteiger partial charge in [-0.05, 0) is 142 Å². The highest BCUT2D eigenvalue weighted by atomic mass is 35.5. The van der Waals surface area contributed by atoms with Gasteiger partial charge in [0.05, 0.1) is 38.2 Å². The van der Waals surface area contributed by atoms with E-state index >= 15 is 0 Å². The number of carbonyl (C=O) groups excluding carboxylic acids is 1. The van der Waals surface area contributed by atoms with Gasteiger partial charge >= 0.3 is 0 Å². The fraction of sp³-hybridized carbons (Fsp3) is 0.869. The van der Waals surface area contributed by atoms with Crippen molar-refractivity contribution in [3.05, 3.63) is 47.5 Å². The average molecular weight is 1850 g/mol. The van der Waals surface area contributed by atoms with Gasteiger partial charge in [0.1, 0.15) is 23.0 Å². The van der Waals surface area contributed by atoms with Crippen molar-refractivity contribution in [3.63, 3.8) is 0 Å². The number of oxime groups is 1. The van der Waals surface area contributed by atoms with E-state index in [2.05, 4.69) is 177 Å². The largest absolute Gasteiger partial charge is 0.493 e. The molecule has 0 heterocycles. The molecule has 0 unspecified atom stereocenters. The molecule has 0 saturated carbocycles. The molecule has 0 bridgehead atoms. The Hall–Kier alpha value is -2.30. The van der Waals surface area contributed by atoms with Crippen LogP contribution in [0.1, 0.15) is 498 Å². The molecule has 0 aliphatic rings. The Balaban J connectivity index is -0.00000230. The van der Waals surface area contributed by atoms with Crippen LogP contribution in [0.2, 0.25) is 66.5 Å². The topological polar surface area (TPSA) is 170 Å². The molecule has 0 spiro atoms. The molecule has 0 amide bonds. The Morgan fingerprint density at radius 3 is 0.576 bits per heavy atom. The average Bonchev–Trinajstić information content (AvgIpc) is 0.817. The Bertz CT molecular complexity index is 2660. The number of rotatable bonds is 82. The lowest BCUT2D eigenvalue weighted by Crippen LogP contribution is -2.47. The standard InChI is InChI=1S/C53H103NO5Si2.C53H102O5Si2.CH4.ClH.H3NO/c1-45(2)60(46(3)4,47(5)6)58-41-35-31-27-23-19-15-13-17-21-25-29-33-39-56-52-38-37-51(44-54-55)53(43-52)57-40-34-30-26-22-18-14-16-20-24-28-32-36-42-59-61(48(7)8,49(9)10)50(11)12;1-45(2)59(46(3)4,47(5)6)57-41-35-31-27-23-19-15-13-17-21-25-29-33-39-55-52-38-37-51(44-54)53(43-52)56-40-34-30-26-22-18-14-16-20-24-28-32-36-42-58-60(48(7)8,49(9)10)50(11)12;;;1-2/h37-38,43-50,55H,13-36,39-42H2,1-12H3;37-38,43-50H,13-36,39-42H2,1-12H3;1H4;1H;2H,1H2/b54-44+;;;;. The molecule has 2 aromatic rings. The number of ether oxygens (including phenoxy) is 4. The molecule has 13 nitrogen and oxygen atoms in total. The van der Waals surface area contributed by atoms with Crippen molar-refractivity contribution in [3.8, 4) is 23.0 Å². The van der Waals surface area contributed by atoms with Gasteiger partial charge in [-0.3, -0.25) is 4.79 Å². The fourth-order valence-corrected chi connectivity index (χ4v) is 43.3. The summed E-state index contributed by atoms with van der Waals surface area (Å²) in [5.74, 6) is 6.51. The molecule has 2 aromatic carbocycles. The zero-order valence-corrected chi connectivity index (χ0v) is 91.0. The van der Waals surface area contributed by atoms with Crippen LogP contribution >= 0.6 is 12.4 Å². The highest BCUT2D eigenvalue weighted by Crippen LogP contribution is 2.46. The summed E-state index contributed by atoms with van der Waals surface area (Å²) >= 11 is 0. The molecule has 0 radical (unpaired) electrons. The van der Waals surface area contributed by atoms with Gasteiger partial charge in [0.2, 0.25) is 0 Å². The van der Waals surface area contributed by atoms with Crippen LogP contribution in [0.5, 0.6) is 23.0 Å². The Labute approximate surface area is 787 Å². The third-order valence-corrected chi connectivity index (χ3v) is 52.2. The van der Waals surface area contributed by atoms with Gasteiger partial charge in [-0.2, -0.15) is 0 Å². The van der Waals surface area contributed by atoms with E-state index < -0.39 is 33.3 Å². The van der Waals surface area contributed by atoms with E-state index in [1.165, 1.54) is 289 Å². The number of nitrogens with zero attached hydrogens (tertiary/aromatic N) is 1. The Kier molecular flexibility index (Phi) is 81.4. The fourth-order valence-electron chi connectivity index (χ4n) is 21.4. The summed E-state index contributed by atoms with van der Waals surface area (Å²) in [6.45, 7) is 63.7. The van der Waals surface area contributed by atoms with Gasteiger partial charge < -0.3 is 47.1 Å². The van der Waals surface area contributed by atoms with Crippen molar-refractivity contribution in [2.75, 3.05) is 52.9 Å². The molecule has 4 N–H and O–H groups in total. The maximum Gasteiger partial charge on any atom is 0.200 e. The second kappa shape index (κ2) is 80.2. The summed E-state index contributed by atoms with van der Waals surface area (Å²) in [7, 11) is -6.80. The summed E-state index contributed by atoms with van der Waals surface area (Å²) in [5.41, 5.74) is 9.51. The van der Waals surface area contributed by atoms with Crippen molar-refractivity contribution in [1.82, 2.24) is 0 Å². The van der Waals surface area contributed by atoms with Crippen molar-refractivity contribution < 1.29 is 51.9 Å². The number of nitrogens with two attached hydrogens (primary N) is 1. The summed E-state index contributed by atoms with van der Waals surface area (Å²) < 4.78 is 51.3. The van der Waals surface area contributed by atoms with E-state index in [0.717, 1.165) is 87.8 Å². The van der Waals surface area contributed by atoms with E-state index in [1.54, 1.807) is 0 Å². The van der Waals surface area contributed by atoms with E-state index in [9.17, 15) is 10.0 Å². The van der Waals surface area contributed by atoms with Gasteiger partial charge in [-0.15, -0.1) is 12.4 Å². The number of carbonyl (C=O) groups is 1. The lowest BCUT2D eigenvalue weighted by atomic mass is 10.1. The molecule has 740 valence electrons. The summed E-state index contributed by atoms with van der Waals surface area (Å²) in [6.07, 6.45) is 64.5. The third kappa shape index (κ3) is 53.4. The summed E-state index contributed by atoms with van der Waals surface area (Å²) in [5, 5.41) is 18.9. The first-order valence-electron chi connectivity index (χ1n) is 52.3. The van der Waals surface area contributed by atoms with Gasteiger partial charge in [-0.25, -0.2) is 5.90 Å². The molecule has 0 aliphatic carbocycles. The van der Waals surface area contributed by atoms with Crippen LogP contribution < -0.4 is 24.8 Å². The molecular weight excluding hydrogens is 1640 g/mol. The van der Waals surface area contributed by atoms with Gasteiger partial charge in [0.25, 0.3) is 0 Å². The van der Waals surface area contributed by atoms with Crippen molar-refractivity contribution >= 4 is 58.2 Å². The Morgan fingerprint density at radius 2 is 0.408 bits per heavy atom. The summed E-state index contributed by atoms with van der Waals surface area (Å²) in [6, 6.07) is 11.5. The zero-order chi connectivity index (χ0) is 92.0. The molecule has 18 heteroatoms. The molecule has 0 atom stereocenters. The molecule has 0 aliphatic heterocycles. The highest BCUT2D eigenvalue weighted by Gasteiger charge is 2.48. The zero-order valence-electron chi connectivity index (χ0n) is 86.1. The quantitative estimate of drug-likeness (QED) is 0.0143. The Morgan fingerprint density at radius 1 is 0.256 bits per heavy atom. The van der Waals surface area contributed by atoms with Gasteiger partial charge in [0.15, 0.2) is 39.6 Å². The van der Waals surface area contributed by atoms with E-state index in [4.69, 9.17) is 41.9 Å². The second-order valence-corrected chi connectivity index (χ2v) is 62.6. The maximum atomic E-state index is 11.7. The van der Waals surface area contributed by atoms with Crippen molar-refractivity contribution in [2.24, 2.45) is 11.1 Å². The van der Waals surface area contributed by atoms with Crippen LogP contribution in [-0.2, 0) is 17.7 Å². The predicted octanol–water partition coefficient (Wildman–Crippen LogP) is 36.4. The van der Waals surface area contributed by atoms with Crippen LogP contribution in [0.25, 0.3) is 0 Å². The minimum absolute atomic E-state index is 0. The molecule has 0 fully saturated rings. The number of hydrogen-bond acceptors (Lipinski definition) is 13. The molecule has 0 saturated heterocycles. The van der Waals surface area contributed by atoms with E-state index in [0.29, 0.717) is 97.6 Å². The molecule has 0 aromatic heterocycles. The smallest absolute Gasteiger partial charge is 0.200 e. The lowest BCUT2D eigenvalue weighted by molar-refractivity contribution is 0.111. The van der Waals surface area contributed by atoms with Crippen LogP contribution in [0.3, 0.4) is 0 Å². The van der Waals surface area contributed by atoms with Gasteiger partial charge in [0, 0.05) is 44.1 Å². The molecule has 125 heavy (non-hydrogen) atoms. The number of halogens is 1.